The molecule has 0 aliphatic rings. The molecule has 18 heavy (non-hydrogen) atoms. The van der Waals surface area contributed by atoms with Crippen LogP contribution in [0.25, 0.3) is 0 Å². The molecule has 0 aliphatic carbocycles. The smallest absolute Gasteiger partial charge is 0.224 e. The number of carbonyl (C=O) groups is 1. The summed E-state index contributed by atoms with van der Waals surface area (Å²) in [6.07, 6.45) is 4.64. The van der Waals surface area contributed by atoms with Crippen LogP contribution >= 0.6 is 0 Å². The van der Waals surface area contributed by atoms with Gasteiger partial charge in [0.2, 0.25) is 5.91 Å². The van der Waals surface area contributed by atoms with E-state index in [0.29, 0.717) is 6.54 Å². The Hall–Kier alpha value is -1.79. The van der Waals surface area contributed by atoms with Gasteiger partial charge in [0, 0.05) is 6.54 Å². The lowest BCUT2D eigenvalue weighted by molar-refractivity contribution is -0.126. The number of hydrogen-bond donors (Lipinski definition) is 2. The number of carbonyl (C=O) groups excluding carboxylic acids is 1. The van der Waals surface area contributed by atoms with Gasteiger partial charge >= 0.3 is 0 Å². The normalized spacial score (nSPS) is 15.2. The van der Waals surface area contributed by atoms with E-state index in [0.717, 1.165) is 5.56 Å². The van der Waals surface area contributed by atoms with Gasteiger partial charge in [-0.05, 0) is 12.5 Å². The number of aliphatic hydroxyl groups is 1. The summed E-state index contributed by atoms with van der Waals surface area (Å²) < 4.78 is 0. The van der Waals surface area contributed by atoms with Crippen LogP contribution in [0.5, 0.6) is 0 Å². The Morgan fingerprint density at radius 1 is 1.39 bits per heavy atom. The van der Waals surface area contributed by atoms with Gasteiger partial charge in [-0.1, -0.05) is 43.2 Å². The Morgan fingerprint density at radius 2 is 2.00 bits per heavy atom. The molecule has 3 nitrogen and oxygen atoms in total. The van der Waals surface area contributed by atoms with Crippen LogP contribution in [0.1, 0.15) is 19.4 Å². The quantitative estimate of drug-likeness (QED) is 0.774. The number of benzene rings is 1. The zero-order valence-corrected chi connectivity index (χ0v) is 10.8. The van der Waals surface area contributed by atoms with Gasteiger partial charge in [0.1, 0.15) is 0 Å². The fraction of sp³-hybridized carbons (Fsp3) is 0.400. The van der Waals surface area contributed by atoms with Crippen molar-refractivity contribution in [3.05, 3.63) is 35.9 Å². The summed E-state index contributed by atoms with van der Waals surface area (Å²) in [5, 5.41) is 12.3. The lowest BCUT2D eigenvalue weighted by Crippen LogP contribution is -2.36. The average Bonchev–Trinajstić information content (AvgIpc) is 2.37. The fourth-order valence-electron chi connectivity index (χ4n) is 1.81. The van der Waals surface area contributed by atoms with Gasteiger partial charge in [0.05, 0.1) is 17.9 Å². The number of amides is 1. The second kappa shape index (κ2) is 6.83. The molecule has 2 N–H and O–H groups in total. The summed E-state index contributed by atoms with van der Waals surface area (Å²) in [4.78, 5) is 11.9. The van der Waals surface area contributed by atoms with Crippen molar-refractivity contribution in [2.75, 3.05) is 0 Å². The molecule has 0 fully saturated rings. The first-order chi connectivity index (χ1) is 8.56. The maximum Gasteiger partial charge on any atom is 0.224 e. The molecule has 1 aromatic carbocycles. The topological polar surface area (TPSA) is 49.3 Å². The van der Waals surface area contributed by atoms with E-state index in [2.05, 4.69) is 11.2 Å². The highest BCUT2D eigenvalue weighted by molar-refractivity contribution is 5.79. The predicted molar refractivity (Wildman–Crippen MR) is 71.5 cm³/mol. The minimum absolute atomic E-state index is 0.136. The molecule has 1 rings (SSSR count). The molecule has 0 saturated carbocycles. The van der Waals surface area contributed by atoms with Gasteiger partial charge in [-0.15, -0.1) is 6.42 Å². The first-order valence-corrected chi connectivity index (χ1v) is 6.02. The summed E-state index contributed by atoms with van der Waals surface area (Å²) in [6, 6.07) is 9.65. The molecular weight excluding hydrogens is 226 g/mol. The summed E-state index contributed by atoms with van der Waals surface area (Å²) in [5.74, 6) is 1.47. The summed E-state index contributed by atoms with van der Waals surface area (Å²) in [5.41, 5.74) is 1.03. The van der Waals surface area contributed by atoms with Crippen LogP contribution in [-0.2, 0) is 11.3 Å². The molecule has 0 saturated heterocycles. The van der Waals surface area contributed by atoms with Crippen molar-refractivity contribution in [1.29, 1.82) is 0 Å². The van der Waals surface area contributed by atoms with Gasteiger partial charge in [-0.25, -0.2) is 0 Å². The molecule has 0 radical (unpaired) electrons. The molecule has 0 heterocycles. The van der Waals surface area contributed by atoms with Crippen LogP contribution in [0.4, 0.5) is 0 Å². The van der Waals surface area contributed by atoms with Crippen molar-refractivity contribution in [2.24, 2.45) is 11.8 Å². The second-order valence-electron chi connectivity index (χ2n) is 4.43. The Kier molecular flexibility index (Phi) is 5.41. The van der Waals surface area contributed by atoms with Crippen LogP contribution in [0.15, 0.2) is 30.3 Å². The van der Waals surface area contributed by atoms with Crippen LogP contribution in [-0.4, -0.2) is 17.1 Å². The number of terminal acetylenes is 1. The molecule has 0 spiro atoms. The SMILES string of the molecule is C#C[C@H]([C@H](C)O)[C@@H](C)C(=O)NCc1ccccc1. The molecule has 0 aromatic heterocycles. The number of aliphatic hydroxyl groups excluding tert-OH is 1. The van der Waals surface area contributed by atoms with E-state index in [4.69, 9.17) is 6.42 Å². The molecule has 1 aromatic rings. The molecule has 3 heteroatoms. The van der Waals surface area contributed by atoms with Gasteiger partial charge in [0.15, 0.2) is 0 Å². The molecule has 1 amide bonds. The van der Waals surface area contributed by atoms with Crippen molar-refractivity contribution in [2.45, 2.75) is 26.5 Å². The second-order valence-corrected chi connectivity index (χ2v) is 4.43. The zero-order chi connectivity index (χ0) is 13.5. The van der Waals surface area contributed by atoms with Crippen LogP contribution < -0.4 is 5.32 Å². The minimum Gasteiger partial charge on any atom is -0.392 e. The lowest BCUT2D eigenvalue weighted by atomic mass is 9.89. The van der Waals surface area contributed by atoms with Crippen LogP contribution in [0.2, 0.25) is 0 Å². The van der Waals surface area contributed by atoms with Gasteiger partial charge in [-0.3, -0.25) is 4.79 Å². The summed E-state index contributed by atoms with van der Waals surface area (Å²) in [7, 11) is 0. The molecule has 0 aliphatic heterocycles. The highest BCUT2D eigenvalue weighted by Crippen LogP contribution is 2.15. The fourth-order valence-corrected chi connectivity index (χ4v) is 1.81. The minimum atomic E-state index is -0.688. The van der Waals surface area contributed by atoms with E-state index in [1.165, 1.54) is 0 Å². The Bertz CT molecular complexity index is 420. The highest BCUT2D eigenvalue weighted by Gasteiger charge is 2.25. The van der Waals surface area contributed by atoms with E-state index in [9.17, 15) is 9.90 Å². The number of hydrogen-bond acceptors (Lipinski definition) is 2. The lowest BCUT2D eigenvalue weighted by Gasteiger charge is -2.20. The predicted octanol–water partition coefficient (Wildman–Crippen LogP) is 1.57. The average molecular weight is 245 g/mol. The zero-order valence-electron chi connectivity index (χ0n) is 10.8. The summed E-state index contributed by atoms with van der Waals surface area (Å²) in [6.45, 7) is 3.81. The standard InChI is InChI=1S/C15H19NO2/c1-4-14(12(3)17)11(2)15(18)16-10-13-8-6-5-7-9-13/h1,5-9,11-12,14,17H,10H2,2-3H3,(H,16,18)/t11-,12+,14+/m1/s1. The largest absolute Gasteiger partial charge is 0.392 e. The molecule has 0 unspecified atom stereocenters. The monoisotopic (exact) mass is 245 g/mol. The molecule has 96 valence electrons. The first kappa shape index (κ1) is 14.3. The van der Waals surface area contributed by atoms with Crippen molar-refractivity contribution in [1.82, 2.24) is 5.32 Å². The maximum atomic E-state index is 11.9. The van der Waals surface area contributed by atoms with E-state index in [1.54, 1.807) is 13.8 Å². The van der Waals surface area contributed by atoms with Gasteiger partial charge in [0.25, 0.3) is 0 Å². The third kappa shape index (κ3) is 3.90. The number of nitrogens with one attached hydrogen (secondary N) is 1. The van der Waals surface area contributed by atoms with E-state index in [-0.39, 0.29) is 5.91 Å². The Balaban J connectivity index is 2.53. The van der Waals surface area contributed by atoms with Crippen LogP contribution in [0.3, 0.4) is 0 Å². The van der Waals surface area contributed by atoms with Crippen molar-refractivity contribution >= 4 is 5.91 Å². The van der Waals surface area contributed by atoms with Crippen molar-refractivity contribution in [3.8, 4) is 12.3 Å². The van der Waals surface area contributed by atoms with E-state index in [1.807, 2.05) is 30.3 Å². The van der Waals surface area contributed by atoms with Crippen molar-refractivity contribution < 1.29 is 9.90 Å². The summed E-state index contributed by atoms with van der Waals surface area (Å²) >= 11 is 0. The Morgan fingerprint density at radius 3 is 2.50 bits per heavy atom. The number of rotatable bonds is 5. The van der Waals surface area contributed by atoms with Crippen molar-refractivity contribution in [3.63, 3.8) is 0 Å². The molecule has 3 atom stereocenters. The maximum absolute atomic E-state index is 11.9. The first-order valence-electron chi connectivity index (χ1n) is 6.02. The Labute approximate surface area is 108 Å². The van der Waals surface area contributed by atoms with Gasteiger partial charge in [-0.2, -0.15) is 0 Å². The van der Waals surface area contributed by atoms with Crippen LogP contribution in [0, 0.1) is 24.2 Å². The molecular formula is C15H19NO2. The third-order valence-electron chi connectivity index (χ3n) is 2.97. The van der Waals surface area contributed by atoms with E-state index < -0.39 is 17.9 Å². The molecule has 0 bridgehead atoms. The third-order valence-corrected chi connectivity index (χ3v) is 2.97. The van der Waals surface area contributed by atoms with E-state index >= 15 is 0 Å². The highest BCUT2D eigenvalue weighted by atomic mass is 16.3. The van der Waals surface area contributed by atoms with Gasteiger partial charge < -0.3 is 10.4 Å².